The molecular weight excluding hydrogens is 248 g/mol. The summed E-state index contributed by atoms with van der Waals surface area (Å²) in [5.74, 6) is -1.90. The lowest BCUT2D eigenvalue weighted by Gasteiger charge is -2.23. The van der Waals surface area contributed by atoms with E-state index in [1.54, 1.807) is 0 Å². The van der Waals surface area contributed by atoms with Crippen molar-refractivity contribution in [3.05, 3.63) is 28.3 Å². The Labute approximate surface area is 104 Å². The van der Waals surface area contributed by atoms with Crippen molar-refractivity contribution in [2.24, 2.45) is 5.92 Å². The number of hydrogen-bond donors (Lipinski definition) is 2. The van der Waals surface area contributed by atoms with Crippen LogP contribution in [-0.2, 0) is 6.42 Å². The Morgan fingerprint density at radius 1 is 1.47 bits per heavy atom. The van der Waals surface area contributed by atoms with E-state index in [0.717, 1.165) is 32.0 Å². The van der Waals surface area contributed by atoms with Crippen LogP contribution in [-0.4, -0.2) is 18.2 Å². The summed E-state index contributed by atoms with van der Waals surface area (Å²) in [6, 6.07) is 0.872. The third-order valence-corrected chi connectivity index (χ3v) is 3.49. The van der Waals surface area contributed by atoms with Crippen molar-refractivity contribution in [1.82, 2.24) is 5.32 Å². The van der Waals surface area contributed by atoms with Gasteiger partial charge in [0.25, 0.3) is 0 Å². The van der Waals surface area contributed by atoms with E-state index in [-0.39, 0.29) is 11.5 Å². The zero-order valence-corrected chi connectivity index (χ0v) is 10.0. The number of aromatic hydroxyl groups is 1. The quantitative estimate of drug-likeness (QED) is 0.803. The molecule has 94 valence electrons. The summed E-state index contributed by atoms with van der Waals surface area (Å²) >= 11 is 5.57. The van der Waals surface area contributed by atoms with E-state index in [1.165, 1.54) is 0 Å². The zero-order chi connectivity index (χ0) is 12.4. The Hall–Kier alpha value is -0.870. The van der Waals surface area contributed by atoms with Crippen LogP contribution in [0.15, 0.2) is 6.07 Å². The largest absolute Gasteiger partial charge is 0.506 e. The molecule has 0 saturated carbocycles. The van der Waals surface area contributed by atoms with E-state index in [9.17, 15) is 13.9 Å². The smallest absolute Gasteiger partial charge is 0.151 e. The molecule has 0 spiro atoms. The van der Waals surface area contributed by atoms with Crippen molar-refractivity contribution in [3.63, 3.8) is 0 Å². The molecule has 1 aromatic carbocycles. The summed E-state index contributed by atoms with van der Waals surface area (Å²) in [5, 5.41) is 12.0. The standard InChI is InChI=1S/C12H14ClF2NO/c13-11-10(17)5-9(14)8(12(11)15)4-7-2-1-3-16-6-7/h5,7,16-17H,1-4,6H2. The summed E-state index contributed by atoms with van der Waals surface area (Å²) in [7, 11) is 0. The number of halogens is 3. The van der Waals surface area contributed by atoms with Crippen molar-refractivity contribution in [3.8, 4) is 5.75 Å². The van der Waals surface area contributed by atoms with Gasteiger partial charge in [0.15, 0.2) is 5.82 Å². The maximum Gasteiger partial charge on any atom is 0.151 e. The highest BCUT2D eigenvalue weighted by Crippen LogP contribution is 2.32. The fraction of sp³-hybridized carbons (Fsp3) is 0.500. The molecule has 0 aromatic heterocycles. The molecule has 0 bridgehead atoms. The molecule has 2 nitrogen and oxygen atoms in total. The molecule has 1 aromatic rings. The highest BCUT2D eigenvalue weighted by molar-refractivity contribution is 6.32. The molecule has 0 amide bonds. The lowest BCUT2D eigenvalue weighted by atomic mass is 9.92. The van der Waals surface area contributed by atoms with E-state index in [0.29, 0.717) is 6.42 Å². The molecule has 1 saturated heterocycles. The summed E-state index contributed by atoms with van der Waals surface area (Å²) in [6.45, 7) is 1.72. The average molecular weight is 262 g/mol. The van der Waals surface area contributed by atoms with Crippen LogP contribution in [0.5, 0.6) is 5.75 Å². The van der Waals surface area contributed by atoms with Crippen LogP contribution in [0.3, 0.4) is 0 Å². The Balaban J connectivity index is 2.22. The molecule has 17 heavy (non-hydrogen) atoms. The second-order valence-electron chi connectivity index (χ2n) is 4.40. The SMILES string of the molecule is Oc1cc(F)c(CC2CCCNC2)c(F)c1Cl. The van der Waals surface area contributed by atoms with Crippen molar-refractivity contribution in [2.75, 3.05) is 13.1 Å². The number of benzene rings is 1. The highest BCUT2D eigenvalue weighted by Gasteiger charge is 2.21. The van der Waals surface area contributed by atoms with Gasteiger partial charge in [0, 0.05) is 11.6 Å². The van der Waals surface area contributed by atoms with Crippen LogP contribution in [0.4, 0.5) is 8.78 Å². The molecule has 0 radical (unpaired) electrons. The molecule has 2 rings (SSSR count). The minimum Gasteiger partial charge on any atom is -0.506 e. The number of hydrogen-bond acceptors (Lipinski definition) is 2. The first-order valence-electron chi connectivity index (χ1n) is 5.65. The summed E-state index contributed by atoms with van der Waals surface area (Å²) in [4.78, 5) is 0. The molecular formula is C12H14ClF2NO. The second kappa shape index (κ2) is 5.19. The predicted octanol–water partition coefficient (Wildman–Crippen LogP) is 2.87. The van der Waals surface area contributed by atoms with E-state index in [2.05, 4.69) is 5.32 Å². The molecule has 1 heterocycles. The monoisotopic (exact) mass is 261 g/mol. The molecule has 1 unspecified atom stereocenters. The van der Waals surface area contributed by atoms with Gasteiger partial charge in [-0.1, -0.05) is 11.6 Å². The van der Waals surface area contributed by atoms with Gasteiger partial charge in [0.05, 0.1) is 0 Å². The number of phenols is 1. The zero-order valence-electron chi connectivity index (χ0n) is 9.27. The Morgan fingerprint density at radius 3 is 2.88 bits per heavy atom. The Bertz CT molecular complexity index is 419. The number of phenolic OH excluding ortho intramolecular Hbond substituents is 1. The van der Waals surface area contributed by atoms with Gasteiger partial charge in [-0.25, -0.2) is 8.78 Å². The molecule has 1 fully saturated rings. The van der Waals surface area contributed by atoms with Crippen LogP contribution < -0.4 is 5.32 Å². The van der Waals surface area contributed by atoms with E-state index < -0.39 is 22.4 Å². The van der Waals surface area contributed by atoms with Gasteiger partial charge in [-0.15, -0.1) is 0 Å². The maximum absolute atomic E-state index is 13.7. The van der Waals surface area contributed by atoms with Crippen LogP contribution in [0, 0.1) is 17.6 Å². The lowest BCUT2D eigenvalue weighted by molar-refractivity contribution is 0.365. The normalized spacial score (nSPS) is 20.5. The van der Waals surface area contributed by atoms with Crippen LogP contribution in [0.2, 0.25) is 5.02 Å². The minimum atomic E-state index is -0.838. The highest BCUT2D eigenvalue weighted by atomic mass is 35.5. The molecule has 0 aliphatic carbocycles. The van der Waals surface area contributed by atoms with Gasteiger partial charge >= 0.3 is 0 Å². The molecule has 1 atom stereocenters. The summed E-state index contributed by atoms with van der Waals surface area (Å²) in [6.07, 6.45) is 2.27. The van der Waals surface area contributed by atoms with Gasteiger partial charge in [0.1, 0.15) is 16.6 Å². The lowest BCUT2D eigenvalue weighted by Crippen LogP contribution is -2.31. The Morgan fingerprint density at radius 2 is 2.24 bits per heavy atom. The first-order valence-corrected chi connectivity index (χ1v) is 6.03. The van der Waals surface area contributed by atoms with Crippen LogP contribution in [0.1, 0.15) is 18.4 Å². The predicted molar refractivity (Wildman–Crippen MR) is 62.3 cm³/mol. The molecule has 1 aliphatic heterocycles. The fourth-order valence-electron chi connectivity index (χ4n) is 2.19. The first-order chi connectivity index (χ1) is 8.09. The van der Waals surface area contributed by atoms with Crippen LogP contribution >= 0.6 is 11.6 Å². The molecule has 5 heteroatoms. The van der Waals surface area contributed by atoms with Crippen molar-refractivity contribution >= 4 is 11.6 Å². The van der Waals surface area contributed by atoms with Gasteiger partial charge < -0.3 is 10.4 Å². The number of piperidine rings is 1. The van der Waals surface area contributed by atoms with Gasteiger partial charge in [0.2, 0.25) is 0 Å². The van der Waals surface area contributed by atoms with Crippen molar-refractivity contribution in [1.29, 1.82) is 0 Å². The number of rotatable bonds is 2. The van der Waals surface area contributed by atoms with Gasteiger partial charge in [-0.2, -0.15) is 0 Å². The Kier molecular flexibility index (Phi) is 3.84. The molecule has 1 aliphatic rings. The third-order valence-electron chi connectivity index (χ3n) is 3.13. The topological polar surface area (TPSA) is 32.3 Å². The van der Waals surface area contributed by atoms with Gasteiger partial charge in [-0.3, -0.25) is 0 Å². The minimum absolute atomic E-state index is 0.0264. The van der Waals surface area contributed by atoms with Crippen molar-refractivity contribution in [2.45, 2.75) is 19.3 Å². The maximum atomic E-state index is 13.7. The van der Waals surface area contributed by atoms with Gasteiger partial charge in [-0.05, 0) is 38.3 Å². The molecule has 2 N–H and O–H groups in total. The van der Waals surface area contributed by atoms with E-state index in [4.69, 9.17) is 11.6 Å². The second-order valence-corrected chi connectivity index (χ2v) is 4.78. The van der Waals surface area contributed by atoms with E-state index in [1.807, 2.05) is 0 Å². The van der Waals surface area contributed by atoms with E-state index >= 15 is 0 Å². The third kappa shape index (κ3) is 2.69. The fourth-order valence-corrected chi connectivity index (χ4v) is 2.36. The number of nitrogens with one attached hydrogen (secondary N) is 1. The summed E-state index contributed by atoms with van der Waals surface area (Å²) < 4.78 is 27.3. The first kappa shape index (κ1) is 12.6. The van der Waals surface area contributed by atoms with Crippen LogP contribution in [0.25, 0.3) is 0 Å². The summed E-state index contributed by atoms with van der Waals surface area (Å²) in [5.41, 5.74) is -0.0264. The average Bonchev–Trinajstić information content (AvgIpc) is 2.33. The van der Waals surface area contributed by atoms with Crippen molar-refractivity contribution < 1.29 is 13.9 Å².